The number of carbonyl (C=O) groups excluding carboxylic acids is 1. The van der Waals surface area contributed by atoms with Gasteiger partial charge in [-0.25, -0.2) is 0 Å². The van der Waals surface area contributed by atoms with Gasteiger partial charge in [-0.1, -0.05) is 18.2 Å². The predicted octanol–water partition coefficient (Wildman–Crippen LogP) is 2.91. The molecule has 0 N–H and O–H groups in total. The van der Waals surface area contributed by atoms with Crippen LogP contribution in [-0.2, 0) is 11.2 Å². The minimum Gasteiger partial charge on any atom is -0.497 e. The molecule has 0 radical (unpaired) electrons. The van der Waals surface area contributed by atoms with Crippen LogP contribution in [0.15, 0.2) is 48.7 Å². The Balaban J connectivity index is 1.71. The lowest BCUT2D eigenvalue weighted by atomic mass is 10.2. The van der Waals surface area contributed by atoms with Crippen LogP contribution in [0.3, 0.4) is 0 Å². The molecule has 1 atom stereocenters. The lowest BCUT2D eigenvalue weighted by Crippen LogP contribution is -2.30. The highest BCUT2D eigenvalue weighted by atomic mass is 32.2. The summed E-state index contributed by atoms with van der Waals surface area (Å²) in [6.07, 6.45) is 2.57. The molecule has 5 heteroatoms. The van der Waals surface area contributed by atoms with Crippen molar-refractivity contribution < 1.29 is 9.53 Å². The summed E-state index contributed by atoms with van der Waals surface area (Å²) < 4.78 is 5.19. The number of thioether (sulfide) groups is 1. The molecule has 1 aliphatic heterocycles. The molecular formula is C17H18N2O2S. The average molecular weight is 314 g/mol. The van der Waals surface area contributed by atoms with Crippen LogP contribution >= 0.6 is 11.8 Å². The minimum absolute atomic E-state index is 0.0853. The molecule has 0 aliphatic carbocycles. The molecule has 0 spiro atoms. The summed E-state index contributed by atoms with van der Waals surface area (Å²) in [7, 11) is 1.65. The van der Waals surface area contributed by atoms with Crippen molar-refractivity contribution in [1.29, 1.82) is 0 Å². The zero-order valence-corrected chi connectivity index (χ0v) is 13.3. The van der Waals surface area contributed by atoms with E-state index < -0.39 is 0 Å². The van der Waals surface area contributed by atoms with Gasteiger partial charge in [-0.15, -0.1) is 11.8 Å². The third kappa shape index (κ3) is 3.25. The van der Waals surface area contributed by atoms with E-state index in [1.807, 2.05) is 47.4 Å². The lowest BCUT2D eigenvalue weighted by molar-refractivity contribution is -0.128. The molecule has 22 heavy (non-hydrogen) atoms. The van der Waals surface area contributed by atoms with Crippen molar-refractivity contribution in [1.82, 2.24) is 9.88 Å². The van der Waals surface area contributed by atoms with Gasteiger partial charge in [0, 0.05) is 24.9 Å². The number of nitrogens with zero attached hydrogens (tertiary/aromatic N) is 2. The molecule has 4 nitrogen and oxygen atoms in total. The number of rotatable bonds is 5. The number of methoxy groups -OCH3 is 1. The largest absolute Gasteiger partial charge is 0.497 e. The van der Waals surface area contributed by atoms with E-state index in [-0.39, 0.29) is 11.3 Å². The Morgan fingerprint density at radius 2 is 2.09 bits per heavy atom. The molecule has 0 bridgehead atoms. The molecule has 1 amide bonds. The van der Waals surface area contributed by atoms with Crippen molar-refractivity contribution in [3.05, 3.63) is 59.9 Å². The van der Waals surface area contributed by atoms with Crippen LogP contribution in [0.4, 0.5) is 0 Å². The number of hydrogen-bond acceptors (Lipinski definition) is 4. The van der Waals surface area contributed by atoms with Gasteiger partial charge in [-0.3, -0.25) is 9.78 Å². The second kappa shape index (κ2) is 6.83. The average Bonchev–Trinajstić information content (AvgIpc) is 2.95. The molecule has 0 saturated carbocycles. The van der Waals surface area contributed by atoms with Crippen LogP contribution < -0.4 is 4.74 Å². The van der Waals surface area contributed by atoms with Gasteiger partial charge in [0.2, 0.25) is 5.91 Å². The zero-order chi connectivity index (χ0) is 15.4. The van der Waals surface area contributed by atoms with Gasteiger partial charge in [0.25, 0.3) is 0 Å². The molecule has 1 aromatic heterocycles. The van der Waals surface area contributed by atoms with Crippen LogP contribution in [0.25, 0.3) is 0 Å². The zero-order valence-electron chi connectivity index (χ0n) is 12.4. The van der Waals surface area contributed by atoms with Crippen molar-refractivity contribution >= 4 is 17.7 Å². The van der Waals surface area contributed by atoms with Gasteiger partial charge in [-0.2, -0.15) is 0 Å². The van der Waals surface area contributed by atoms with E-state index in [9.17, 15) is 4.79 Å². The first-order valence-corrected chi connectivity index (χ1v) is 8.28. The van der Waals surface area contributed by atoms with Gasteiger partial charge in [0.1, 0.15) is 11.1 Å². The third-order valence-corrected chi connectivity index (χ3v) is 4.96. The van der Waals surface area contributed by atoms with Gasteiger partial charge >= 0.3 is 0 Å². The number of benzene rings is 1. The Morgan fingerprint density at radius 3 is 2.77 bits per heavy atom. The van der Waals surface area contributed by atoms with Crippen LogP contribution in [0.1, 0.15) is 16.6 Å². The monoisotopic (exact) mass is 314 g/mol. The van der Waals surface area contributed by atoms with E-state index in [0.29, 0.717) is 12.3 Å². The highest BCUT2D eigenvalue weighted by Crippen LogP contribution is 2.38. The highest BCUT2D eigenvalue weighted by molar-refractivity contribution is 8.00. The maximum Gasteiger partial charge on any atom is 0.233 e. The number of carbonyl (C=O) groups is 1. The van der Waals surface area contributed by atoms with E-state index in [0.717, 1.165) is 23.4 Å². The summed E-state index contributed by atoms with van der Waals surface area (Å²) in [4.78, 5) is 18.4. The maximum atomic E-state index is 12.2. The van der Waals surface area contributed by atoms with Gasteiger partial charge in [0.05, 0.1) is 12.9 Å². The van der Waals surface area contributed by atoms with E-state index in [1.54, 1.807) is 25.1 Å². The highest BCUT2D eigenvalue weighted by Gasteiger charge is 2.32. The second-order valence-electron chi connectivity index (χ2n) is 5.09. The first-order valence-electron chi connectivity index (χ1n) is 7.23. The molecule has 2 aromatic rings. The Kier molecular flexibility index (Phi) is 4.63. The van der Waals surface area contributed by atoms with Crippen molar-refractivity contribution in [3.8, 4) is 5.75 Å². The number of aromatic nitrogens is 1. The van der Waals surface area contributed by atoms with Crippen LogP contribution in [0, 0.1) is 0 Å². The van der Waals surface area contributed by atoms with Crippen LogP contribution in [0.2, 0.25) is 0 Å². The van der Waals surface area contributed by atoms with Crippen molar-refractivity contribution in [3.63, 3.8) is 0 Å². The SMILES string of the molecule is COc1ccc(C2SCC(=O)N2CCc2ccccn2)cc1. The van der Waals surface area contributed by atoms with Gasteiger partial charge in [0.15, 0.2) is 0 Å². The Labute approximate surface area is 134 Å². The number of amides is 1. The second-order valence-corrected chi connectivity index (χ2v) is 6.16. The summed E-state index contributed by atoms with van der Waals surface area (Å²) in [5, 5.41) is 0.0853. The minimum atomic E-state index is 0.0853. The number of ether oxygens (including phenoxy) is 1. The summed E-state index contributed by atoms with van der Waals surface area (Å²) in [6, 6.07) is 13.8. The Bertz CT molecular complexity index is 631. The van der Waals surface area contributed by atoms with Crippen molar-refractivity contribution in [2.75, 3.05) is 19.4 Å². The maximum absolute atomic E-state index is 12.2. The molecule has 1 unspecified atom stereocenters. The van der Waals surface area contributed by atoms with Crippen molar-refractivity contribution in [2.45, 2.75) is 11.8 Å². The van der Waals surface area contributed by atoms with Gasteiger partial charge < -0.3 is 9.64 Å². The summed E-state index contributed by atoms with van der Waals surface area (Å²) >= 11 is 1.68. The van der Waals surface area contributed by atoms with E-state index >= 15 is 0 Å². The smallest absolute Gasteiger partial charge is 0.233 e. The van der Waals surface area contributed by atoms with Gasteiger partial charge in [-0.05, 0) is 29.8 Å². The topological polar surface area (TPSA) is 42.4 Å². The molecule has 1 aromatic carbocycles. The van der Waals surface area contributed by atoms with Crippen LogP contribution in [-0.4, -0.2) is 35.2 Å². The normalized spacial score (nSPS) is 17.8. The third-order valence-electron chi connectivity index (χ3n) is 3.70. The molecular weight excluding hydrogens is 296 g/mol. The molecule has 114 valence electrons. The van der Waals surface area contributed by atoms with E-state index in [4.69, 9.17) is 4.74 Å². The number of pyridine rings is 1. The van der Waals surface area contributed by atoms with E-state index in [1.165, 1.54) is 0 Å². The molecule has 3 rings (SSSR count). The van der Waals surface area contributed by atoms with Crippen LogP contribution in [0.5, 0.6) is 5.75 Å². The number of hydrogen-bond donors (Lipinski definition) is 0. The Morgan fingerprint density at radius 1 is 1.27 bits per heavy atom. The fourth-order valence-corrected chi connectivity index (χ4v) is 3.74. The fourth-order valence-electron chi connectivity index (χ4n) is 2.52. The first kappa shape index (κ1) is 14.9. The van der Waals surface area contributed by atoms with Crippen molar-refractivity contribution in [2.24, 2.45) is 0 Å². The Hall–Kier alpha value is -2.01. The molecule has 1 saturated heterocycles. The van der Waals surface area contributed by atoms with E-state index in [2.05, 4.69) is 4.98 Å². The fraction of sp³-hybridized carbons (Fsp3) is 0.294. The molecule has 1 aliphatic rings. The quantitative estimate of drug-likeness (QED) is 0.851. The molecule has 1 fully saturated rings. The standard InChI is InChI=1S/C17H18N2O2S/c1-21-15-7-5-13(6-8-15)17-19(16(20)12-22-17)11-9-14-4-2-3-10-18-14/h2-8,10,17H,9,11-12H2,1H3. The molecule has 2 heterocycles. The predicted molar refractivity (Wildman–Crippen MR) is 87.8 cm³/mol. The summed E-state index contributed by atoms with van der Waals surface area (Å²) in [6.45, 7) is 0.694. The lowest BCUT2D eigenvalue weighted by Gasteiger charge is -2.24. The summed E-state index contributed by atoms with van der Waals surface area (Å²) in [5.41, 5.74) is 2.15. The first-order chi connectivity index (χ1) is 10.8. The summed E-state index contributed by atoms with van der Waals surface area (Å²) in [5.74, 6) is 1.57.